The standard InChI is InChI=1S/C26H25Cl2IN2O8/c1-30-23(37)25(27)10-14-12(5-6-13-18(14)22(36)31(21(13)35)7-3-4-17(32)33)19(26(25,28)24(30)38)11-8-15(29)20(34)16(9-11)39-2/h5,8-9,13-14,18-19,34H,3-4,6-7,10H2,1-2H3,(H,32,33)/t13-,14+,18-,19-,25+,26-/m0/s1. The van der Waals surface area contributed by atoms with Gasteiger partial charge in [-0.3, -0.25) is 33.8 Å². The van der Waals surface area contributed by atoms with E-state index in [1.54, 1.807) is 6.07 Å². The van der Waals surface area contributed by atoms with E-state index in [0.717, 1.165) is 9.80 Å². The molecule has 208 valence electrons. The molecule has 2 aliphatic carbocycles. The Morgan fingerprint density at radius 1 is 1.15 bits per heavy atom. The largest absolute Gasteiger partial charge is 0.504 e. The molecule has 39 heavy (non-hydrogen) atoms. The van der Waals surface area contributed by atoms with E-state index in [4.69, 9.17) is 33.0 Å². The molecule has 2 N–H and O–H groups in total. The van der Waals surface area contributed by atoms with Gasteiger partial charge in [0.1, 0.15) is 0 Å². The number of aliphatic carboxylic acids is 1. The molecule has 5 rings (SSSR count). The van der Waals surface area contributed by atoms with Crippen molar-refractivity contribution in [3.63, 3.8) is 0 Å². The summed E-state index contributed by atoms with van der Waals surface area (Å²) < 4.78 is 5.76. The number of allylic oxidation sites excluding steroid dienone is 2. The number of ether oxygens (including phenoxy) is 1. The number of carbonyl (C=O) groups excluding carboxylic acids is 4. The van der Waals surface area contributed by atoms with Gasteiger partial charge in [0.15, 0.2) is 21.2 Å². The number of phenolic OH excluding ortho intramolecular Hbond substituents is 1. The number of hydrogen-bond donors (Lipinski definition) is 2. The van der Waals surface area contributed by atoms with Crippen LogP contribution in [-0.2, 0) is 24.0 Å². The van der Waals surface area contributed by atoms with Crippen molar-refractivity contribution in [2.24, 2.45) is 17.8 Å². The van der Waals surface area contributed by atoms with Gasteiger partial charge in [-0.1, -0.05) is 11.6 Å². The number of halogens is 3. The Hall–Kier alpha value is -2.38. The van der Waals surface area contributed by atoms with Gasteiger partial charge in [-0.2, -0.15) is 0 Å². The normalized spacial score (nSPS) is 33.6. The molecule has 0 unspecified atom stereocenters. The minimum absolute atomic E-state index is 0.0264. The number of methoxy groups -OCH3 is 1. The number of imide groups is 2. The predicted molar refractivity (Wildman–Crippen MR) is 146 cm³/mol. The van der Waals surface area contributed by atoms with Gasteiger partial charge in [0.25, 0.3) is 11.8 Å². The molecule has 1 saturated carbocycles. The van der Waals surface area contributed by atoms with Crippen LogP contribution in [0.4, 0.5) is 0 Å². The molecule has 1 aromatic carbocycles. The molecule has 10 nitrogen and oxygen atoms in total. The Kier molecular flexibility index (Phi) is 6.95. The first-order chi connectivity index (χ1) is 18.3. The average molecular weight is 691 g/mol. The molecule has 4 aliphatic rings. The van der Waals surface area contributed by atoms with E-state index in [9.17, 15) is 29.1 Å². The number of benzene rings is 1. The summed E-state index contributed by atoms with van der Waals surface area (Å²) in [6, 6.07) is 3.17. The molecule has 2 saturated heterocycles. The summed E-state index contributed by atoms with van der Waals surface area (Å²) in [7, 11) is 2.69. The van der Waals surface area contributed by atoms with Gasteiger partial charge in [-0.05, 0) is 65.5 Å². The SMILES string of the molecule is COc1cc([C@H]2C3=CC[C@@H]4C(=O)N(CCCC(=O)O)C(=O)[C@@H]4[C@@H]3C[C@@]3(Cl)C(=O)N(C)C(=O)[C@@]23Cl)cc(I)c1O. The lowest BCUT2D eigenvalue weighted by Gasteiger charge is -2.50. The lowest BCUT2D eigenvalue weighted by molar-refractivity contribution is -0.142. The second-order valence-corrected chi connectivity index (χ2v) is 12.8. The maximum absolute atomic E-state index is 13.6. The zero-order valence-corrected chi connectivity index (χ0v) is 24.6. The zero-order chi connectivity index (χ0) is 28.6. The summed E-state index contributed by atoms with van der Waals surface area (Å²) >= 11 is 16.2. The Labute approximate surface area is 247 Å². The molecule has 0 spiro atoms. The summed E-state index contributed by atoms with van der Waals surface area (Å²) in [6.07, 6.45) is 1.81. The molecule has 0 aromatic heterocycles. The Balaban J connectivity index is 1.65. The summed E-state index contributed by atoms with van der Waals surface area (Å²) in [5.74, 6) is -6.39. The van der Waals surface area contributed by atoms with Crippen LogP contribution in [0.25, 0.3) is 0 Å². The van der Waals surface area contributed by atoms with E-state index in [1.807, 2.05) is 28.7 Å². The lowest BCUT2D eigenvalue weighted by Crippen LogP contribution is -2.60. The van der Waals surface area contributed by atoms with Crippen molar-refractivity contribution < 1.29 is 38.9 Å². The van der Waals surface area contributed by atoms with E-state index < -0.39 is 57.1 Å². The van der Waals surface area contributed by atoms with Crippen molar-refractivity contribution in [2.75, 3.05) is 20.7 Å². The first-order valence-corrected chi connectivity index (χ1v) is 14.2. The lowest BCUT2D eigenvalue weighted by atomic mass is 9.56. The zero-order valence-electron chi connectivity index (χ0n) is 20.9. The van der Waals surface area contributed by atoms with Gasteiger partial charge in [0, 0.05) is 25.9 Å². The molecule has 0 bridgehead atoms. The van der Waals surface area contributed by atoms with E-state index in [-0.39, 0.29) is 49.6 Å². The fourth-order valence-electron chi connectivity index (χ4n) is 6.71. The number of alkyl halides is 2. The van der Waals surface area contributed by atoms with Gasteiger partial charge in [-0.15, -0.1) is 23.2 Å². The van der Waals surface area contributed by atoms with Gasteiger partial charge >= 0.3 is 5.97 Å². The monoisotopic (exact) mass is 690 g/mol. The van der Waals surface area contributed by atoms with Crippen LogP contribution in [0, 0.1) is 21.3 Å². The highest BCUT2D eigenvalue weighted by Crippen LogP contribution is 2.65. The van der Waals surface area contributed by atoms with Crippen LogP contribution in [0.5, 0.6) is 11.5 Å². The minimum atomic E-state index is -1.94. The van der Waals surface area contributed by atoms with E-state index in [1.165, 1.54) is 20.2 Å². The highest BCUT2D eigenvalue weighted by molar-refractivity contribution is 14.1. The van der Waals surface area contributed by atoms with Crippen molar-refractivity contribution in [2.45, 2.75) is 41.3 Å². The average Bonchev–Trinajstić information content (AvgIpc) is 3.20. The number of carbonyl (C=O) groups is 5. The van der Waals surface area contributed by atoms with Crippen LogP contribution in [0.2, 0.25) is 0 Å². The number of aromatic hydroxyl groups is 1. The quantitative estimate of drug-likeness (QED) is 0.201. The molecule has 13 heteroatoms. The van der Waals surface area contributed by atoms with Crippen LogP contribution >= 0.6 is 45.8 Å². The number of rotatable bonds is 6. The number of fused-ring (bicyclic) bond motifs is 4. The highest BCUT2D eigenvalue weighted by Gasteiger charge is 2.75. The summed E-state index contributed by atoms with van der Waals surface area (Å²) in [4.78, 5) is 63.1. The van der Waals surface area contributed by atoms with E-state index in [2.05, 4.69) is 0 Å². The fraction of sp³-hybridized carbons (Fsp3) is 0.500. The maximum atomic E-state index is 13.6. The van der Waals surface area contributed by atoms with Gasteiger partial charge in [0.05, 0.1) is 22.5 Å². The second-order valence-electron chi connectivity index (χ2n) is 10.4. The van der Waals surface area contributed by atoms with Crippen molar-refractivity contribution >= 4 is 75.4 Å². The predicted octanol–water partition coefficient (Wildman–Crippen LogP) is 2.86. The fourth-order valence-corrected chi connectivity index (χ4v) is 8.35. The van der Waals surface area contributed by atoms with Crippen LogP contribution in [0.15, 0.2) is 23.8 Å². The summed E-state index contributed by atoms with van der Waals surface area (Å²) in [5, 5.41) is 19.4. The number of phenols is 1. The van der Waals surface area contributed by atoms with Gasteiger partial charge in [0.2, 0.25) is 11.8 Å². The minimum Gasteiger partial charge on any atom is -0.504 e. The molecule has 3 fully saturated rings. The summed E-state index contributed by atoms with van der Waals surface area (Å²) in [6.45, 7) is -0.0264. The third kappa shape index (κ3) is 3.82. The van der Waals surface area contributed by atoms with Gasteiger partial charge in [-0.25, -0.2) is 0 Å². The van der Waals surface area contributed by atoms with E-state index >= 15 is 0 Å². The third-order valence-electron chi connectivity index (χ3n) is 8.48. The van der Waals surface area contributed by atoms with Crippen molar-refractivity contribution in [3.8, 4) is 11.5 Å². The van der Waals surface area contributed by atoms with Gasteiger partial charge < -0.3 is 14.9 Å². The molecule has 0 radical (unpaired) electrons. The molecular weight excluding hydrogens is 666 g/mol. The Morgan fingerprint density at radius 2 is 1.85 bits per heavy atom. The van der Waals surface area contributed by atoms with Crippen LogP contribution in [0.3, 0.4) is 0 Å². The molecule has 2 heterocycles. The van der Waals surface area contributed by atoms with Crippen molar-refractivity contribution in [1.82, 2.24) is 9.80 Å². The number of carboxylic acids is 1. The number of hydrogen-bond acceptors (Lipinski definition) is 7. The van der Waals surface area contributed by atoms with Crippen LogP contribution < -0.4 is 4.74 Å². The molecule has 6 atom stereocenters. The first-order valence-electron chi connectivity index (χ1n) is 12.3. The highest BCUT2D eigenvalue weighted by atomic mass is 127. The van der Waals surface area contributed by atoms with E-state index in [0.29, 0.717) is 14.7 Å². The molecule has 4 amide bonds. The Bertz CT molecular complexity index is 1370. The number of nitrogens with zero attached hydrogens (tertiary/aromatic N) is 2. The maximum Gasteiger partial charge on any atom is 0.303 e. The first kappa shape index (κ1) is 28.2. The van der Waals surface area contributed by atoms with Crippen molar-refractivity contribution in [1.29, 1.82) is 0 Å². The molecule has 1 aromatic rings. The van der Waals surface area contributed by atoms with Crippen LogP contribution in [0.1, 0.15) is 37.2 Å². The smallest absolute Gasteiger partial charge is 0.303 e. The molecular formula is C26H25Cl2IN2O8. The van der Waals surface area contributed by atoms with Crippen molar-refractivity contribution in [3.05, 3.63) is 32.9 Å². The summed E-state index contributed by atoms with van der Waals surface area (Å²) in [5.41, 5.74) is 1.09. The molecule has 2 aliphatic heterocycles. The number of carboxylic acid groups (broad SMARTS) is 1. The second kappa shape index (κ2) is 9.62. The van der Waals surface area contributed by atoms with Crippen LogP contribution in [-0.4, -0.2) is 80.1 Å². The topological polar surface area (TPSA) is 142 Å². The third-order valence-corrected chi connectivity index (χ3v) is 10.7. The Morgan fingerprint density at radius 3 is 2.49 bits per heavy atom. The number of amides is 4. The number of likely N-dealkylation sites (tertiary alicyclic amines) is 2.